The Morgan fingerprint density at radius 3 is 2.57 bits per heavy atom. The van der Waals surface area contributed by atoms with E-state index >= 15 is 0 Å². The van der Waals surface area contributed by atoms with Crippen LogP contribution in [-0.4, -0.2) is 16.9 Å². The number of nitrogens with zero attached hydrogens (tertiary/aromatic N) is 1. The summed E-state index contributed by atoms with van der Waals surface area (Å²) in [6.07, 6.45) is 1.12. The van der Waals surface area contributed by atoms with E-state index < -0.39 is 11.0 Å². The maximum atomic E-state index is 12.4. The van der Waals surface area contributed by atoms with E-state index in [1.165, 1.54) is 18.2 Å². The fourth-order valence-electron chi connectivity index (χ4n) is 2.21. The average Bonchev–Trinajstić information content (AvgIpc) is 3.37. The summed E-state index contributed by atoms with van der Waals surface area (Å²) in [4.78, 5) is 22.8. The standard InChI is InChI=1S/C17H16N2O4/c20-17(18-13-9-10-13)16(12-5-2-1-3-6-12)23-15-8-4-7-14(11-15)19(21)22/h1-8,11,13,16H,9-10H2,(H,18,20). The molecule has 1 N–H and O–H groups in total. The molecule has 6 heteroatoms. The number of carbonyl (C=O) groups is 1. The Labute approximate surface area is 133 Å². The van der Waals surface area contributed by atoms with Crippen molar-refractivity contribution in [2.75, 3.05) is 0 Å². The smallest absolute Gasteiger partial charge is 0.273 e. The number of nitro groups is 1. The van der Waals surface area contributed by atoms with Crippen LogP contribution in [0.1, 0.15) is 24.5 Å². The first-order valence-corrected chi connectivity index (χ1v) is 7.40. The first-order valence-electron chi connectivity index (χ1n) is 7.40. The predicted molar refractivity (Wildman–Crippen MR) is 84.1 cm³/mol. The fraction of sp³-hybridized carbons (Fsp3) is 0.235. The molecule has 6 nitrogen and oxygen atoms in total. The van der Waals surface area contributed by atoms with Gasteiger partial charge in [0.1, 0.15) is 5.75 Å². The highest BCUT2D eigenvalue weighted by molar-refractivity contribution is 5.83. The zero-order valence-electron chi connectivity index (χ0n) is 12.3. The van der Waals surface area contributed by atoms with Crippen LogP contribution in [0.2, 0.25) is 0 Å². The molecule has 1 fully saturated rings. The van der Waals surface area contributed by atoms with Crippen molar-refractivity contribution in [3.63, 3.8) is 0 Å². The highest BCUT2D eigenvalue weighted by atomic mass is 16.6. The van der Waals surface area contributed by atoms with Crippen LogP contribution >= 0.6 is 0 Å². The van der Waals surface area contributed by atoms with Crippen LogP contribution in [0.4, 0.5) is 5.69 Å². The Kier molecular flexibility index (Phi) is 4.23. The second-order valence-electron chi connectivity index (χ2n) is 5.45. The Morgan fingerprint density at radius 1 is 1.17 bits per heavy atom. The van der Waals surface area contributed by atoms with E-state index in [2.05, 4.69) is 5.32 Å². The molecule has 118 valence electrons. The Morgan fingerprint density at radius 2 is 1.91 bits per heavy atom. The topological polar surface area (TPSA) is 81.5 Å². The zero-order chi connectivity index (χ0) is 16.2. The van der Waals surface area contributed by atoms with Crippen molar-refractivity contribution in [3.05, 3.63) is 70.3 Å². The lowest BCUT2D eigenvalue weighted by molar-refractivity contribution is -0.384. The lowest BCUT2D eigenvalue weighted by atomic mass is 10.1. The maximum absolute atomic E-state index is 12.4. The maximum Gasteiger partial charge on any atom is 0.273 e. The first kappa shape index (κ1) is 15.0. The molecule has 3 rings (SSSR count). The van der Waals surface area contributed by atoms with E-state index in [0.29, 0.717) is 11.3 Å². The molecule has 1 atom stereocenters. The van der Waals surface area contributed by atoms with Crippen LogP contribution in [0, 0.1) is 10.1 Å². The number of rotatable bonds is 6. The number of nitro benzene ring substituents is 1. The van der Waals surface area contributed by atoms with Crippen LogP contribution in [-0.2, 0) is 4.79 Å². The summed E-state index contributed by atoms with van der Waals surface area (Å²) in [7, 11) is 0. The summed E-state index contributed by atoms with van der Waals surface area (Å²) in [6.45, 7) is 0. The van der Waals surface area contributed by atoms with Crippen LogP contribution in [0.15, 0.2) is 54.6 Å². The minimum atomic E-state index is -0.834. The second-order valence-corrected chi connectivity index (χ2v) is 5.45. The molecule has 1 amide bonds. The molecule has 0 heterocycles. The number of amides is 1. The SMILES string of the molecule is O=C(NC1CC1)C(Oc1cccc([N+](=O)[O-])c1)c1ccccc1. The van der Waals surface area contributed by atoms with Gasteiger partial charge in [-0.1, -0.05) is 36.4 Å². The summed E-state index contributed by atoms with van der Waals surface area (Å²) in [6, 6.07) is 15.2. The van der Waals surface area contributed by atoms with Crippen LogP contribution < -0.4 is 10.1 Å². The van der Waals surface area contributed by atoms with Crippen molar-refractivity contribution < 1.29 is 14.5 Å². The summed E-state index contributed by atoms with van der Waals surface area (Å²) in [5, 5.41) is 13.8. The van der Waals surface area contributed by atoms with E-state index in [-0.39, 0.29) is 17.6 Å². The molecule has 0 radical (unpaired) electrons. The van der Waals surface area contributed by atoms with Crippen molar-refractivity contribution in [2.45, 2.75) is 25.0 Å². The molecule has 1 aliphatic carbocycles. The average molecular weight is 312 g/mol. The molecule has 0 aromatic heterocycles. The zero-order valence-corrected chi connectivity index (χ0v) is 12.3. The monoisotopic (exact) mass is 312 g/mol. The van der Waals surface area contributed by atoms with Gasteiger partial charge >= 0.3 is 0 Å². The molecular weight excluding hydrogens is 296 g/mol. The van der Waals surface area contributed by atoms with Gasteiger partial charge in [-0.3, -0.25) is 14.9 Å². The van der Waals surface area contributed by atoms with E-state index in [1.54, 1.807) is 18.2 Å². The van der Waals surface area contributed by atoms with E-state index in [4.69, 9.17) is 4.74 Å². The van der Waals surface area contributed by atoms with Gasteiger partial charge in [0, 0.05) is 17.7 Å². The second kappa shape index (κ2) is 6.48. The highest BCUT2D eigenvalue weighted by Gasteiger charge is 2.29. The predicted octanol–water partition coefficient (Wildman–Crippen LogP) is 2.99. The van der Waals surface area contributed by atoms with Crippen molar-refractivity contribution in [1.29, 1.82) is 0 Å². The fourth-order valence-corrected chi connectivity index (χ4v) is 2.21. The van der Waals surface area contributed by atoms with Crippen LogP contribution in [0.3, 0.4) is 0 Å². The van der Waals surface area contributed by atoms with Gasteiger partial charge in [0.25, 0.3) is 11.6 Å². The molecule has 0 bridgehead atoms. The van der Waals surface area contributed by atoms with Gasteiger partial charge in [-0.2, -0.15) is 0 Å². The van der Waals surface area contributed by atoms with Crippen molar-refractivity contribution in [3.8, 4) is 5.75 Å². The van der Waals surface area contributed by atoms with Crippen molar-refractivity contribution in [1.82, 2.24) is 5.32 Å². The number of hydrogen-bond donors (Lipinski definition) is 1. The summed E-state index contributed by atoms with van der Waals surface area (Å²) in [5.41, 5.74) is 0.633. The number of hydrogen-bond acceptors (Lipinski definition) is 4. The van der Waals surface area contributed by atoms with E-state index in [0.717, 1.165) is 12.8 Å². The number of non-ortho nitro benzene ring substituents is 1. The summed E-state index contributed by atoms with van der Waals surface area (Å²) in [5.74, 6) is 0.0595. The molecule has 2 aromatic rings. The van der Waals surface area contributed by atoms with E-state index in [1.807, 2.05) is 18.2 Å². The van der Waals surface area contributed by atoms with Gasteiger partial charge in [0.15, 0.2) is 0 Å². The van der Waals surface area contributed by atoms with Gasteiger partial charge in [0.05, 0.1) is 11.0 Å². The van der Waals surface area contributed by atoms with Gasteiger partial charge in [-0.25, -0.2) is 0 Å². The van der Waals surface area contributed by atoms with Crippen LogP contribution in [0.5, 0.6) is 5.75 Å². The quantitative estimate of drug-likeness (QED) is 0.656. The minimum Gasteiger partial charge on any atom is -0.476 e. The van der Waals surface area contributed by atoms with Crippen molar-refractivity contribution >= 4 is 11.6 Å². The summed E-state index contributed by atoms with van der Waals surface area (Å²) >= 11 is 0. The van der Waals surface area contributed by atoms with Gasteiger partial charge in [-0.05, 0) is 18.9 Å². The first-order chi connectivity index (χ1) is 11.1. The number of benzene rings is 2. The molecule has 1 aliphatic rings. The van der Waals surface area contributed by atoms with Gasteiger partial charge in [-0.15, -0.1) is 0 Å². The molecule has 0 spiro atoms. The number of carbonyl (C=O) groups excluding carboxylic acids is 1. The number of ether oxygens (including phenoxy) is 1. The molecular formula is C17H16N2O4. The lowest BCUT2D eigenvalue weighted by Gasteiger charge is -2.19. The largest absolute Gasteiger partial charge is 0.476 e. The number of nitrogens with one attached hydrogen (secondary N) is 1. The molecule has 1 saturated carbocycles. The minimum absolute atomic E-state index is 0.0723. The van der Waals surface area contributed by atoms with Crippen molar-refractivity contribution in [2.24, 2.45) is 0 Å². The molecule has 2 aromatic carbocycles. The molecule has 23 heavy (non-hydrogen) atoms. The Balaban J connectivity index is 1.84. The third-order valence-electron chi connectivity index (χ3n) is 3.55. The normalized spacial score (nSPS) is 14.8. The van der Waals surface area contributed by atoms with Gasteiger partial charge in [0.2, 0.25) is 6.10 Å². The molecule has 1 unspecified atom stereocenters. The Hall–Kier alpha value is -2.89. The summed E-state index contributed by atoms with van der Waals surface area (Å²) < 4.78 is 5.77. The molecule has 0 aliphatic heterocycles. The third kappa shape index (κ3) is 3.85. The third-order valence-corrected chi connectivity index (χ3v) is 3.55. The lowest BCUT2D eigenvalue weighted by Crippen LogP contribution is -2.33. The molecule has 0 saturated heterocycles. The van der Waals surface area contributed by atoms with Crippen LogP contribution in [0.25, 0.3) is 0 Å². The highest BCUT2D eigenvalue weighted by Crippen LogP contribution is 2.27. The Bertz CT molecular complexity index is 714. The van der Waals surface area contributed by atoms with E-state index in [9.17, 15) is 14.9 Å². The van der Waals surface area contributed by atoms with Gasteiger partial charge < -0.3 is 10.1 Å².